The van der Waals surface area contributed by atoms with Gasteiger partial charge < -0.3 is 14.6 Å². The normalized spacial score (nSPS) is 10.8. The van der Waals surface area contributed by atoms with Crippen LogP contribution in [-0.2, 0) is 9.53 Å². The van der Waals surface area contributed by atoms with Gasteiger partial charge >= 0.3 is 5.97 Å². The fourth-order valence-corrected chi connectivity index (χ4v) is 2.52. The first-order valence-corrected chi connectivity index (χ1v) is 8.41. The lowest BCUT2D eigenvalue weighted by Gasteiger charge is -2.06. The van der Waals surface area contributed by atoms with Crippen LogP contribution in [0.2, 0.25) is 0 Å². The van der Waals surface area contributed by atoms with Gasteiger partial charge in [0.15, 0.2) is 6.61 Å². The number of esters is 1. The molecule has 0 aromatic heterocycles. The number of aromatic hydroxyl groups is 1. The summed E-state index contributed by atoms with van der Waals surface area (Å²) in [4.78, 5) is 23.4. The number of amides is 1. The highest BCUT2D eigenvalue weighted by Gasteiger charge is 2.11. The molecule has 0 fully saturated rings. The van der Waals surface area contributed by atoms with E-state index < -0.39 is 11.9 Å². The number of methoxy groups -OCH3 is 1. The molecule has 0 spiro atoms. The van der Waals surface area contributed by atoms with Gasteiger partial charge in [0.1, 0.15) is 11.5 Å². The Hall–Kier alpha value is -3.87. The molecule has 1 amide bonds. The number of nitrogens with zero attached hydrogens (tertiary/aromatic N) is 1. The smallest absolute Gasteiger partial charge is 0.343 e. The zero-order valence-corrected chi connectivity index (χ0v) is 15.1. The molecule has 7 nitrogen and oxygen atoms in total. The van der Waals surface area contributed by atoms with E-state index in [1.54, 1.807) is 30.3 Å². The largest absolute Gasteiger partial charge is 0.507 e. The lowest BCUT2D eigenvalue weighted by Crippen LogP contribution is -2.17. The third kappa shape index (κ3) is 4.64. The summed E-state index contributed by atoms with van der Waals surface area (Å²) in [5.74, 6) is -0.670. The molecule has 0 aliphatic carbocycles. The number of phenolic OH excluding ortho intramolecular Hbond substituents is 1. The highest BCUT2D eigenvalue weighted by Crippen LogP contribution is 2.24. The summed E-state index contributed by atoms with van der Waals surface area (Å²) >= 11 is 0. The van der Waals surface area contributed by atoms with Crippen molar-refractivity contribution >= 4 is 28.9 Å². The molecule has 0 aliphatic rings. The second-order valence-electron chi connectivity index (χ2n) is 5.85. The predicted molar refractivity (Wildman–Crippen MR) is 105 cm³/mol. The van der Waals surface area contributed by atoms with Crippen molar-refractivity contribution in [3.63, 3.8) is 0 Å². The van der Waals surface area contributed by atoms with Gasteiger partial charge in [-0.25, -0.2) is 10.2 Å². The first-order chi connectivity index (χ1) is 13.6. The third-order valence-electron chi connectivity index (χ3n) is 3.93. The van der Waals surface area contributed by atoms with Gasteiger partial charge in [-0.1, -0.05) is 36.4 Å². The topological polar surface area (TPSA) is 97.2 Å². The van der Waals surface area contributed by atoms with Crippen molar-refractivity contribution in [2.24, 2.45) is 5.10 Å². The maximum atomic E-state index is 12.3. The number of nitrogens with one attached hydrogen (secondary N) is 1. The Labute approximate surface area is 161 Å². The molecule has 0 saturated heterocycles. The average molecular weight is 378 g/mol. The van der Waals surface area contributed by atoms with Crippen molar-refractivity contribution < 1.29 is 24.2 Å². The molecule has 3 aromatic carbocycles. The molecule has 142 valence electrons. The number of carbonyl (C=O) groups excluding carboxylic acids is 2. The molecule has 28 heavy (non-hydrogen) atoms. The number of hydrazone groups is 1. The van der Waals surface area contributed by atoms with Crippen LogP contribution >= 0.6 is 0 Å². The zero-order valence-electron chi connectivity index (χ0n) is 15.1. The van der Waals surface area contributed by atoms with E-state index >= 15 is 0 Å². The molecule has 0 heterocycles. The molecule has 0 atom stereocenters. The number of phenols is 1. The molecule has 0 radical (unpaired) electrons. The minimum Gasteiger partial charge on any atom is -0.507 e. The number of benzene rings is 3. The van der Waals surface area contributed by atoms with Crippen LogP contribution in [0.3, 0.4) is 0 Å². The predicted octanol–water partition coefficient (Wildman–Crippen LogP) is 2.86. The van der Waals surface area contributed by atoms with Gasteiger partial charge in [0.25, 0.3) is 5.91 Å². The molecule has 0 aliphatic heterocycles. The Morgan fingerprint density at radius 3 is 2.57 bits per heavy atom. The van der Waals surface area contributed by atoms with Crippen molar-refractivity contribution in [1.29, 1.82) is 0 Å². The maximum absolute atomic E-state index is 12.3. The van der Waals surface area contributed by atoms with E-state index in [-0.39, 0.29) is 17.9 Å². The van der Waals surface area contributed by atoms with Crippen LogP contribution in [0, 0.1) is 0 Å². The van der Waals surface area contributed by atoms with Gasteiger partial charge in [0.2, 0.25) is 0 Å². The highest BCUT2D eigenvalue weighted by atomic mass is 16.6. The van der Waals surface area contributed by atoms with Crippen LogP contribution in [0.15, 0.2) is 65.8 Å². The minimum atomic E-state index is -0.530. The summed E-state index contributed by atoms with van der Waals surface area (Å²) in [6, 6.07) is 17.4. The Morgan fingerprint density at radius 2 is 1.82 bits per heavy atom. The van der Waals surface area contributed by atoms with E-state index in [0.29, 0.717) is 11.3 Å². The van der Waals surface area contributed by atoms with E-state index in [9.17, 15) is 14.7 Å². The first kappa shape index (κ1) is 18.9. The van der Waals surface area contributed by atoms with Crippen molar-refractivity contribution in [2.75, 3.05) is 13.7 Å². The Balaban J connectivity index is 1.67. The number of hydrogen-bond acceptors (Lipinski definition) is 6. The monoisotopic (exact) mass is 378 g/mol. The van der Waals surface area contributed by atoms with E-state index in [2.05, 4.69) is 15.3 Å². The van der Waals surface area contributed by atoms with Gasteiger partial charge in [-0.3, -0.25) is 4.79 Å². The highest BCUT2D eigenvalue weighted by molar-refractivity contribution is 6.01. The first-order valence-electron chi connectivity index (χ1n) is 8.41. The molecule has 0 saturated carbocycles. The van der Waals surface area contributed by atoms with Crippen molar-refractivity contribution in [2.45, 2.75) is 0 Å². The second kappa shape index (κ2) is 8.68. The fraction of sp³-hybridized carbons (Fsp3) is 0.0952. The minimum absolute atomic E-state index is 0.121. The fourth-order valence-electron chi connectivity index (χ4n) is 2.52. The summed E-state index contributed by atoms with van der Waals surface area (Å²) < 4.78 is 9.81. The molecular formula is C21H18N2O5. The number of carbonyl (C=O) groups is 2. The van der Waals surface area contributed by atoms with E-state index in [1.807, 2.05) is 24.3 Å². The summed E-state index contributed by atoms with van der Waals surface area (Å²) in [6.45, 7) is -0.199. The van der Waals surface area contributed by atoms with Gasteiger partial charge in [0.05, 0.1) is 18.9 Å². The molecule has 7 heteroatoms. The van der Waals surface area contributed by atoms with Crippen LogP contribution < -0.4 is 10.2 Å². The van der Waals surface area contributed by atoms with E-state index in [0.717, 1.165) is 10.8 Å². The standard InChI is InChI=1S/C21H18N2O5/c1-27-20(25)13-28-17-8-4-5-14(9-17)12-22-23-21(26)18-10-15-6-2-3-7-16(15)11-19(18)24/h2-12,24H,13H2,1H3,(H,23,26). The second-order valence-corrected chi connectivity index (χ2v) is 5.85. The molecule has 0 bridgehead atoms. The number of rotatable bonds is 6. The Kier molecular flexibility index (Phi) is 5.86. The SMILES string of the molecule is COC(=O)COc1cccc(C=NNC(=O)c2cc3ccccc3cc2O)c1. The van der Waals surface area contributed by atoms with Crippen LogP contribution in [0.5, 0.6) is 11.5 Å². The average Bonchev–Trinajstić information content (AvgIpc) is 2.71. The molecule has 2 N–H and O–H groups in total. The Morgan fingerprint density at radius 1 is 1.07 bits per heavy atom. The number of ether oxygens (including phenoxy) is 2. The summed E-state index contributed by atoms with van der Waals surface area (Å²) in [7, 11) is 1.28. The zero-order chi connectivity index (χ0) is 19.9. The van der Waals surface area contributed by atoms with Gasteiger partial charge in [-0.2, -0.15) is 5.10 Å². The van der Waals surface area contributed by atoms with Crippen LogP contribution in [0.4, 0.5) is 0 Å². The summed E-state index contributed by atoms with van der Waals surface area (Å²) in [5.41, 5.74) is 3.18. The van der Waals surface area contributed by atoms with Crippen LogP contribution in [-0.4, -0.2) is 36.9 Å². The molecule has 3 aromatic rings. The van der Waals surface area contributed by atoms with Crippen molar-refractivity contribution in [3.05, 3.63) is 71.8 Å². The number of hydrogen-bond donors (Lipinski definition) is 2. The van der Waals surface area contributed by atoms with Crippen molar-refractivity contribution in [1.82, 2.24) is 5.43 Å². The summed E-state index contributed by atoms with van der Waals surface area (Å²) in [5, 5.41) is 15.7. The lowest BCUT2D eigenvalue weighted by molar-refractivity contribution is -0.142. The van der Waals surface area contributed by atoms with Crippen LogP contribution in [0.25, 0.3) is 10.8 Å². The molecular weight excluding hydrogens is 360 g/mol. The maximum Gasteiger partial charge on any atom is 0.343 e. The lowest BCUT2D eigenvalue weighted by atomic mass is 10.1. The van der Waals surface area contributed by atoms with Gasteiger partial charge in [0, 0.05) is 0 Å². The van der Waals surface area contributed by atoms with E-state index in [1.165, 1.54) is 19.4 Å². The van der Waals surface area contributed by atoms with Gasteiger partial charge in [-0.15, -0.1) is 0 Å². The van der Waals surface area contributed by atoms with Crippen LogP contribution in [0.1, 0.15) is 15.9 Å². The Bertz CT molecular complexity index is 1050. The molecule has 3 rings (SSSR count). The quantitative estimate of drug-likeness (QED) is 0.391. The summed E-state index contributed by atoms with van der Waals surface area (Å²) in [6.07, 6.45) is 1.43. The van der Waals surface area contributed by atoms with Gasteiger partial charge in [-0.05, 0) is 40.6 Å². The molecule has 0 unspecified atom stereocenters. The van der Waals surface area contributed by atoms with Crippen molar-refractivity contribution in [3.8, 4) is 11.5 Å². The third-order valence-corrected chi connectivity index (χ3v) is 3.93. The number of fused-ring (bicyclic) bond motifs is 1. The van der Waals surface area contributed by atoms with E-state index in [4.69, 9.17) is 4.74 Å².